The molecule has 180 valence electrons. The average Bonchev–Trinajstić information content (AvgIpc) is 3.17. The van der Waals surface area contributed by atoms with Gasteiger partial charge in [-0.1, -0.05) is 23.7 Å². The number of hydrogen-bond acceptors (Lipinski definition) is 6. The van der Waals surface area contributed by atoms with Gasteiger partial charge < -0.3 is 14.4 Å². The van der Waals surface area contributed by atoms with E-state index in [0.717, 1.165) is 21.3 Å². The molecule has 1 aliphatic heterocycles. The van der Waals surface area contributed by atoms with E-state index in [1.807, 2.05) is 17.0 Å². The minimum absolute atomic E-state index is 0.0471. The number of fused-ring (bicyclic) bond motifs is 1. The summed E-state index contributed by atoms with van der Waals surface area (Å²) >= 11 is 7.50. The van der Waals surface area contributed by atoms with Crippen molar-refractivity contribution in [2.75, 3.05) is 32.4 Å². The Kier molecular flexibility index (Phi) is 7.11. The first-order chi connectivity index (χ1) is 16.2. The molecule has 1 fully saturated rings. The first-order valence-electron chi connectivity index (χ1n) is 10.7. The highest BCUT2D eigenvalue weighted by molar-refractivity contribution is 7.91. The summed E-state index contributed by atoms with van der Waals surface area (Å²) in [6, 6.07) is 10.1. The number of amides is 2. The number of halogens is 1. The van der Waals surface area contributed by atoms with Crippen molar-refractivity contribution in [3.05, 3.63) is 57.3 Å². The molecule has 0 atom stereocenters. The molecule has 2 heterocycles. The highest BCUT2D eigenvalue weighted by Crippen LogP contribution is 2.23. The summed E-state index contributed by atoms with van der Waals surface area (Å²) in [7, 11) is -0.0220. The number of rotatable bonds is 6. The van der Waals surface area contributed by atoms with Crippen molar-refractivity contribution in [1.82, 2.24) is 14.4 Å². The SMILES string of the molecule is CN=c1scc(CN2CCN(C(=O)CCS(=O)(=O)c3ccc4cc(Cl)ccc4c3)CC2=O)n1C. The fourth-order valence-corrected chi connectivity index (χ4v) is 6.21. The molecule has 3 aromatic rings. The molecule has 0 saturated carbocycles. The fourth-order valence-electron chi connectivity index (χ4n) is 3.92. The number of nitrogens with zero attached hydrogens (tertiary/aromatic N) is 4. The zero-order chi connectivity index (χ0) is 24.5. The lowest BCUT2D eigenvalue weighted by atomic mass is 10.1. The fraction of sp³-hybridized carbons (Fsp3) is 0.348. The highest BCUT2D eigenvalue weighted by Gasteiger charge is 2.28. The third-order valence-electron chi connectivity index (χ3n) is 5.95. The van der Waals surface area contributed by atoms with Gasteiger partial charge in [-0.3, -0.25) is 14.6 Å². The van der Waals surface area contributed by atoms with Gasteiger partial charge in [-0.15, -0.1) is 11.3 Å². The second-order valence-corrected chi connectivity index (χ2v) is 11.5. The Hall–Kier alpha value is -2.69. The van der Waals surface area contributed by atoms with Crippen LogP contribution in [0.4, 0.5) is 0 Å². The van der Waals surface area contributed by atoms with Gasteiger partial charge in [0, 0.05) is 49.7 Å². The maximum atomic E-state index is 12.8. The van der Waals surface area contributed by atoms with Crippen LogP contribution in [0.2, 0.25) is 5.02 Å². The van der Waals surface area contributed by atoms with Gasteiger partial charge in [-0.2, -0.15) is 0 Å². The summed E-state index contributed by atoms with van der Waals surface area (Å²) in [5.41, 5.74) is 0.975. The van der Waals surface area contributed by atoms with E-state index in [1.165, 1.54) is 22.3 Å². The van der Waals surface area contributed by atoms with Gasteiger partial charge in [0.25, 0.3) is 0 Å². The third kappa shape index (κ3) is 5.18. The van der Waals surface area contributed by atoms with Gasteiger partial charge in [0.15, 0.2) is 14.6 Å². The molecule has 0 aliphatic carbocycles. The molecule has 1 saturated heterocycles. The molecule has 0 bridgehead atoms. The summed E-state index contributed by atoms with van der Waals surface area (Å²) in [6.07, 6.45) is -0.172. The van der Waals surface area contributed by atoms with Gasteiger partial charge in [-0.05, 0) is 35.0 Å². The van der Waals surface area contributed by atoms with Crippen molar-refractivity contribution in [3.8, 4) is 0 Å². The van der Waals surface area contributed by atoms with Gasteiger partial charge in [0.1, 0.15) is 0 Å². The number of sulfone groups is 1. The van der Waals surface area contributed by atoms with Crippen molar-refractivity contribution in [3.63, 3.8) is 0 Å². The van der Waals surface area contributed by atoms with Crippen LogP contribution in [0.3, 0.4) is 0 Å². The molecule has 4 rings (SSSR count). The lowest BCUT2D eigenvalue weighted by Gasteiger charge is -2.34. The number of benzene rings is 2. The topological polar surface area (TPSA) is 92.1 Å². The summed E-state index contributed by atoms with van der Waals surface area (Å²) in [6.45, 7) is 1.18. The second kappa shape index (κ2) is 9.89. The smallest absolute Gasteiger partial charge is 0.242 e. The van der Waals surface area contributed by atoms with Crippen LogP contribution in [-0.2, 0) is 33.0 Å². The second-order valence-electron chi connectivity index (χ2n) is 8.14. The predicted octanol–water partition coefficient (Wildman–Crippen LogP) is 2.46. The molecule has 2 amide bonds. The van der Waals surface area contributed by atoms with Crippen molar-refractivity contribution >= 4 is 55.4 Å². The van der Waals surface area contributed by atoms with Crippen LogP contribution in [0.15, 0.2) is 51.7 Å². The first-order valence-corrected chi connectivity index (χ1v) is 13.6. The summed E-state index contributed by atoms with van der Waals surface area (Å²) in [5.74, 6) is -0.804. The Labute approximate surface area is 207 Å². The van der Waals surface area contributed by atoms with E-state index in [-0.39, 0.29) is 35.4 Å². The molecule has 2 aromatic carbocycles. The lowest BCUT2D eigenvalue weighted by molar-refractivity contribution is -0.145. The lowest BCUT2D eigenvalue weighted by Crippen LogP contribution is -2.52. The molecule has 1 aliphatic rings. The van der Waals surface area contributed by atoms with Crippen molar-refractivity contribution in [2.24, 2.45) is 12.0 Å². The van der Waals surface area contributed by atoms with Gasteiger partial charge in [0.05, 0.1) is 23.7 Å². The maximum Gasteiger partial charge on any atom is 0.242 e. The number of carbonyl (C=O) groups excluding carboxylic acids is 2. The van der Waals surface area contributed by atoms with E-state index in [2.05, 4.69) is 4.99 Å². The molecular formula is C23H25ClN4O4S2. The number of piperazine rings is 1. The number of hydrogen-bond donors (Lipinski definition) is 0. The van der Waals surface area contributed by atoms with Crippen LogP contribution in [-0.4, -0.2) is 67.0 Å². The average molecular weight is 521 g/mol. The summed E-state index contributed by atoms with van der Waals surface area (Å²) in [4.78, 5) is 33.7. The zero-order valence-electron chi connectivity index (χ0n) is 18.9. The van der Waals surface area contributed by atoms with Gasteiger partial charge in [0.2, 0.25) is 11.8 Å². The van der Waals surface area contributed by atoms with E-state index in [0.29, 0.717) is 24.7 Å². The number of thiazole rings is 1. The van der Waals surface area contributed by atoms with E-state index in [9.17, 15) is 18.0 Å². The number of carbonyl (C=O) groups is 2. The van der Waals surface area contributed by atoms with E-state index < -0.39 is 9.84 Å². The van der Waals surface area contributed by atoms with Crippen LogP contribution >= 0.6 is 22.9 Å². The Morgan fingerprint density at radius 3 is 2.59 bits per heavy atom. The van der Waals surface area contributed by atoms with Crippen LogP contribution < -0.4 is 4.80 Å². The van der Waals surface area contributed by atoms with Crippen LogP contribution in [0.25, 0.3) is 10.8 Å². The minimum atomic E-state index is -3.65. The van der Waals surface area contributed by atoms with E-state index >= 15 is 0 Å². The van der Waals surface area contributed by atoms with Gasteiger partial charge >= 0.3 is 0 Å². The summed E-state index contributed by atoms with van der Waals surface area (Å²) < 4.78 is 27.6. The molecule has 0 unspecified atom stereocenters. The van der Waals surface area contributed by atoms with Crippen LogP contribution in [0.1, 0.15) is 12.1 Å². The molecule has 8 nitrogen and oxygen atoms in total. The minimum Gasteiger partial charge on any atom is -0.334 e. The summed E-state index contributed by atoms with van der Waals surface area (Å²) in [5, 5.41) is 4.15. The first kappa shape index (κ1) is 24.4. The van der Waals surface area contributed by atoms with E-state index in [1.54, 1.807) is 42.3 Å². The quantitative estimate of drug-likeness (QED) is 0.499. The Morgan fingerprint density at radius 1 is 1.15 bits per heavy atom. The molecule has 0 radical (unpaired) electrons. The molecule has 11 heteroatoms. The Bertz CT molecular complexity index is 1430. The Balaban J connectivity index is 1.35. The zero-order valence-corrected chi connectivity index (χ0v) is 21.3. The van der Waals surface area contributed by atoms with Crippen molar-refractivity contribution in [1.29, 1.82) is 0 Å². The van der Waals surface area contributed by atoms with Crippen molar-refractivity contribution in [2.45, 2.75) is 17.9 Å². The normalized spacial score (nSPS) is 15.4. The third-order valence-corrected chi connectivity index (χ3v) is 8.96. The maximum absolute atomic E-state index is 12.8. The van der Waals surface area contributed by atoms with E-state index in [4.69, 9.17) is 11.6 Å². The molecule has 34 heavy (non-hydrogen) atoms. The Morgan fingerprint density at radius 2 is 1.88 bits per heavy atom. The van der Waals surface area contributed by atoms with Crippen molar-refractivity contribution < 1.29 is 18.0 Å². The molecular weight excluding hydrogens is 496 g/mol. The number of aromatic nitrogens is 1. The monoisotopic (exact) mass is 520 g/mol. The molecule has 1 aromatic heterocycles. The largest absolute Gasteiger partial charge is 0.334 e. The highest BCUT2D eigenvalue weighted by atomic mass is 35.5. The predicted molar refractivity (Wildman–Crippen MR) is 132 cm³/mol. The van der Waals surface area contributed by atoms with Crippen LogP contribution in [0.5, 0.6) is 0 Å². The molecule has 0 spiro atoms. The standard InChI is InChI=1S/C23H25ClN4O4S2/c1-25-23-26(2)19(15-33-23)13-27-8-9-28(14-22(27)30)21(29)7-10-34(31,32)20-6-4-16-11-18(24)5-3-17(16)12-20/h3-6,11-12,15H,7-10,13-14H2,1-2H3. The van der Waals surface area contributed by atoms with Gasteiger partial charge in [-0.25, -0.2) is 8.42 Å². The molecule has 0 N–H and O–H groups in total. The van der Waals surface area contributed by atoms with Crippen LogP contribution in [0, 0.1) is 0 Å².